The number of hydrogen-bond acceptors (Lipinski definition) is 4. The predicted octanol–water partition coefficient (Wildman–Crippen LogP) is 4.03. The SMILES string of the molecule is O=C(NC[C@@](O)(c1ccco1)c1cccs1)c1cccc(C(F)(F)F)c1. The second kappa shape index (κ2) is 6.97. The van der Waals surface area contributed by atoms with Gasteiger partial charge in [0.1, 0.15) is 5.76 Å². The van der Waals surface area contributed by atoms with Crippen molar-refractivity contribution in [1.82, 2.24) is 5.32 Å². The van der Waals surface area contributed by atoms with Crippen LogP contribution in [0.4, 0.5) is 13.2 Å². The van der Waals surface area contributed by atoms with Gasteiger partial charge in [-0.15, -0.1) is 11.3 Å². The third-order valence-corrected chi connectivity index (χ3v) is 4.84. The third kappa shape index (κ3) is 3.66. The highest BCUT2D eigenvalue weighted by atomic mass is 32.1. The molecule has 0 saturated heterocycles. The highest BCUT2D eigenvalue weighted by molar-refractivity contribution is 7.10. The van der Waals surface area contributed by atoms with E-state index in [9.17, 15) is 23.1 Å². The Morgan fingerprint density at radius 1 is 1.15 bits per heavy atom. The lowest BCUT2D eigenvalue weighted by Crippen LogP contribution is -2.41. The van der Waals surface area contributed by atoms with Crippen molar-refractivity contribution in [3.8, 4) is 0 Å². The van der Waals surface area contributed by atoms with Crippen LogP contribution in [0, 0.1) is 0 Å². The van der Waals surface area contributed by atoms with Crippen molar-refractivity contribution in [3.63, 3.8) is 0 Å². The summed E-state index contributed by atoms with van der Waals surface area (Å²) in [7, 11) is 0. The minimum absolute atomic E-state index is 0.146. The van der Waals surface area contributed by atoms with Crippen LogP contribution in [0.25, 0.3) is 0 Å². The second-order valence-electron chi connectivity index (χ2n) is 5.58. The van der Waals surface area contributed by atoms with Gasteiger partial charge in [-0.25, -0.2) is 0 Å². The van der Waals surface area contributed by atoms with Gasteiger partial charge >= 0.3 is 6.18 Å². The van der Waals surface area contributed by atoms with Gasteiger partial charge in [0, 0.05) is 10.4 Å². The number of furan rings is 1. The Balaban J connectivity index is 1.81. The zero-order valence-corrected chi connectivity index (χ0v) is 14.1. The number of carbonyl (C=O) groups excluding carboxylic acids is 1. The third-order valence-electron chi connectivity index (χ3n) is 3.81. The maximum atomic E-state index is 12.8. The number of amides is 1. The molecule has 1 aromatic carbocycles. The summed E-state index contributed by atoms with van der Waals surface area (Å²) in [5, 5.41) is 15.3. The van der Waals surface area contributed by atoms with Crippen LogP contribution < -0.4 is 5.32 Å². The van der Waals surface area contributed by atoms with Crippen LogP contribution >= 0.6 is 11.3 Å². The van der Waals surface area contributed by atoms with Crippen LogP contribution in [0.5, 0.6) is 0 Å². The van der Waals surface area contributed by atoms with Crippen molar-refractivity contribution in [2.24, 2.45) is 0 Å². The molecule has 0 aliphatic rings. The zero-order valence-electron chi connectivity index (χ0n) is 13.3. The Morgan fingerprint density at radius 2 is 1.96 bits per heavy atom. The number of nitrogens with one attached hydrogen (secondary N) is 1. The lowest BCUT2D eigenvalue weighted by atomic mass is 9.98. The average molecular weight is 381 g/mol. The second-order valence-corrected chi connectivity index (χ2v) is 6.52. The molecule has 3 rings (SSSR count). The molecule has 3 aromatic rings. The lowest BCUT2D eigenvalue weighted by Gasteiger charge is -2.25. The molecule has 0 unspecified atom stereocenters. The summed E-state index contributed by atoms with van der Waals surface area (Å²) in [4.78, 5) is 12.8. The van der Waals surface area contributed by atoms with Gasteiger partial charge in [-0.2, -0.15) is 13.2 Å². The smallest absolute Gasteiger partial charge is 0.416 e. The first-order valence-electron chi connectivity index (χ1n) is 7.56. The fourth-order valence-corrected chi connectivity index (χ4v) is 3.30. The summed E-state index contributed by atoms with van der Waals surface area (Å²) >= 11 is 1.27. The van der Waals surface area contributed by atoms with E-state index in [0.29, 0.717) is 4.88 Å². The van der Waals surface area contributed by atoms with Gasteiger partial charge in [0.05, 0.1) is 18.4 Å². The van der Waals surface area contributed by atoms with Crippen LogP contribution in [0.3, 0.4) is 0 Å². The van der Waals surface area contributed by atoms with Crippen LogP contribution in [0.1, 0.15) is 26.6 Å². The molecule has 0 saturated carbocycles. The number of carbonyl (C=O) groups is 1. The van der Waals surface area contributed by atoms with Crippen LogP contribution in [0.2, 0.25) is 0 Å². The Bertz CT molecular complexity index is 839. The number of hydrogen-bond donors (Lipinski definition) is 2. The van der Waals surface area contributed by atoms with E-state index in [1.54, 1.807) is 29.6 Å². The Kier molecular flexibility index (Phi) is 4.88. The number of rotatable bonds is 5. The molecule has 1 atom stereocenters. The minimum Gasteiger partial charge on any atom is -0.466 e. The van der Waals surface area contributed by atoms with Crippen molar-refractivity contribution in [3.05, 3.63) is 81.9 Å². The van der Waals surface area contributed by atoms with E-state index in [4.69, 9.17) is 4.42 Å². The minimum atomic E-state index is -4.54. The first-order chi connectivity index (χ1) is 12.3. The summed E-state index contributed by atoms with van der Waals surface area (Å²) in [5.41, 5.74) is -2.67. The number of thiophene rings is 1. The average Bonchev–Trinajstić information content (AvgIpc) is 3.32. The molecule has 2 N–H and O–H groups in total. The number of halogens is 3. The molecule has 2 heterocycles. The van der Waals surface area contributed by atoms with E-state index in [0.717, 1.165) is 18.2 Å². The predicted molar refractivity (Wildman–Crippen MR) is 89.8 cm³/mol. The quantitative estimate of drug-likeness (QED) is 0.702. The van der Waals surface area contributed by atoms with Gasteiger partial charge in [0.2, 0.25) is 0 Å². The lowest BCUT2D eigenvalue weighted by molar-refractivity contribution is -0.137. The standard InChI is InChI=1S/C18H14F3NO3S/c19-18(20,21)13-5-1-4-12(10-13)16(23)22-11-17(24,14-6-2-8-25-14)15-7-3-9-26-15/h1-10,24H,11H2,(H,22,23)/t17-/m1/s1. The van der Waals surface area contributed by atoms with E-state index in [1.807, 2.05) is 0 Å². The summed E-state index contributed by atoms with van der Waals surface area (Å²) < 4.78 is 43.7. The van der Waals surface area contributed by atoms with Crippen molar-refractivity contribution >= 4 is 17.2 Å². The molecule has 0 aliphatic carbocycles. The van der Waals surface area contributed by atoms with E-state index in [2.05, 4.69) is 5.32 Å². The van der Waals surface area contributed by atoms with E-state index in [1.165, 1.54) is 23.7 Å². The van der Waals surface area contributed by atoms with Crippen LogP contribution in [-0.2, 0) is 11.8 Å². The first kappa shape index (κ1) is 18.2. The van der Waals surface area contributed by atoms with Gasteiger partial charge in [0.15, 0.2) is 5.60 Å². The normalized spacial score (nSPS) is 14.0. The molecule has 0 radical (unpaired) electrons. The molecule has 0 aliphatic heterocycles. The molecule has 1 amide bonds. The Morgan fingerprint density at radius 3 is 2.58 bits per heavy atom. The molecule has 8 heteroatoms. The van der Waals surface area contributed by atoms with Crippen molar-refractivity contribution < 1.29 is 27.5 Å². The summed E-state index contributed by atoms with van der Waals surface area (Å²) in [6.07, 6.45) is -3.15. The van der Waals surface area contributed by atoms with E-state index >= 15 is 0 Å². The van der Waals surface area contributed by atoms with E-state index in [-0.39, 0.29) is 17.9 Å². The highest BCUT2D eigenvalue weighted by Crippen LogP contribution is 2.33. The largest absolute Gasteiger partial charge is 0.466 e. The fraction of sp³-hybridized carbons (Fsp3) is 0.167. The zero-order chi connectivity index (χ0) is 18.8. The summed E-state index contributed by atoms with van der Waals surface area (Å²) in [6.45, 7) is -0.254. The molecule has 0 spiro atoms. The monoisotopic (exact) mass is 381 g/mol. The Hall–Kier alpha value is -2.58. The van der Waals surface area contributed by atoms with Crippen LogP contribution in [-0.4, -0.2) is 17.6 Å². The Labute approximate surface area is 150 Å². The van der Waals surface area contributed by atoms with E-state index < -0.39 is 23.2 Å². The van der Waals surface area contributed by atoms with Crippen molar-refractivity contribution in [1.29, 1.82) is 0 Å². The van der Waals surface area contributed by atoms with Crippen LogP contribution in [0.15, 0.2) is 64.6 Å². The van der Waals surface area contributed by atoms with Crippen molar-refractivity contribution in [2.75, 3.05) is 6.54 Å². The van der Waals surface area contributed by atoms with Crippen molar-refractivity contribution in [2.45, 2.75) is 11.8 Å². The van der Waals surface area contributed by atoms with Gasteiger partial charge in [-0.05, 0) is 41.8 Å². The first-order valence-corrected chi connectivity index (χ1v) is 8.44. The molecular weight excluding hydrogens is 367 g/mol. The highest BCUT2D eigenvalue weighted by Gasteiger charge is 2.36. The summed E-state index contributed by atoms with van der Waals surface area (Å²) in [6, 6.07) is 10.7. The molecule has 4 nitrogen and oxygen atoms in total. The number of alkyl halides is 3. The fourth-order valence-electron chi connectivity index (χ4n) is 2.47. The topological polar surface area (TPSA) is 62.5 Å². The molecular formula is C18H14F3NO3S. The molecule has 136 valence electrons. The molecule has 0 fully saturated rings. The maximum Gasteiger partial charge on any atom is 0.416 e. The number of benzene rings is 1. The molecule has 0 bridgehead atoms. The van der Waals surface area contributed by atoms with Gasteiger partial charge in [-0.1, -0.05) is 12.1 Å². The maximum absolute atomic E-state index is 12.8. The van der Waals surface area contributed by atoms with Gasteiger partial charge < -0.3 is 14.8 Å². The number of aliphatic hydroxyl groups is 1. The van der Waals surface area contributed by atoms with Gasteiger partial charge in [-0.3, -0.25) is 4.79 Å². The van der Waals surface area contributed by atoms with Gasteiger partial charge in [0.25, 0.3) is 5.91 Å². The molecule has 2 aromatic heterocycles. The molecule has 26 heavy (non-hydrogen) atoms. The summed E-state index contributed by atoms with van der Waals surface area (Å²) in [5.74, 6) is -0.498.